The third-order valence-corrected chi connectivity index (χ3v) is 4.77. The lowest BCUT2D eigenvalue weighted by atomic mass is 10.0. The molecule has 0 atom stereocenters. The molecular formula is C18H37N. The average Bonchev–Trinajstić information content (AvgIpc) is 2.92. The maximum absolute atomic E-state index is 3.86. The summed E-state index contributed by atoms with van der Waals surface area (Å²) in [5, 5.41) is 3.86. The Hall–Kier alpha value is -0.0400. The summed E-state index contributed by atoms with van der Waals surface area (Å²) >= 11 is 0. The van der Waals surface area contributed by atoms with Gasteiger partial charge in [0.15, 0.2) is 0 Å². The summed E-state index contributed by atoms with van der Waals surface area (Å²) in [6.45, 7) is 5.88. The minimum atomic E-state index is 0.805. The van der Waals surface area contributed by atoms with Gasteiger partial charge < -0.3 is 5.32 Å². The van der Waals surface area contributed by atoms with Gasteiger partial charge in [-0.05, 0) is 31.7 Å². The number of unbranched alkanes of at least 4 members (excludes halogenated alkanes) is 4. The van der Waals surface area contributed by atoms with E-state index in [4.69, 9.17) is 0 Å². The maximum Gasteiger partial charge on any atom is 0.00670 e. The fourth-order valence-electron chi connectivity index (χ4n) is 3.42. The summed E-state index contributed by atoms with van der Waals surface area (Å²) in [6.07, 6.45) is 18.6. The van der Waals surface area contributed by atoms with Crippen molar-refractivity contribution >= 4 is 0 Å². The fraction of sp³-hybridized carbons (Fsp3) is 1.00. The molecular weight excluding hydrogens is 230 g/mol. The van der Waals surface area contributed by atoms with Crippen LogP contribution in [0.2, 0.25) is 0 Å². The van der Waals surface area contributed by atoms with Gasteiger partial charge in [-0.1, -0.05) is 78.1 Å². The zero-order valence-electron chi connectivity index (χ0n) is 13.6. The molecule has 0 aromatic rings. The van der Waals surface area contributed by atoms with E-state index in [0.29, 0.717) is 0 Å². The molecule has 0 aliphatic heterocycles. The highest BCUT2D eigenvalue weighted by Crippen LogP contribution is 2.27. The van der Waals surface area contributed by atoms with Crippen LogP contribution in [0.25, 0.3) is 0 Å². The van der Waals surface area contributed by atoms with Crippen LogP contribution < -0.4 is 5.32 Å². The van der Waals surface area contributed by atoms with Crippen LogP contribution in [0.15, 0.2) is 0 Å². The maximum atomic E-state index is 3.86. The van der Waals surface area contributed by atoms with Crippen molar-refractivity contribution in [2.75, 3.05) is 6.54 Å². The van der Waals surface area contributed by atoms with Crippen LogP contribution in [0.3, 0.4) is 0 Å². The van der Waals surface area contributed by atoms with Crippen molar-refractivity contribution in [3.63, 3.8) is 0 Å². The molecule has 0 aromatic heterocycles. The summed E-state index contributed by atoms with van der Waals surface area (Å²) in [5.41, 5.74) is 0. The van der Waals surface area contributed by atoms with Gasteiger partial charge in [0.1, 0.15) is 0 Å². The smallest absolute Gasteiger partial charge is 0.00670 e. The number of rotatable bonds is 12. The molecule has 0 spiro atoms. The van der Waals surface area contributed by atoms with Gasteiger partial charge in [0.25, 0.3) is 0 Å². The molecule has 0 unspecified atom stereocenters. The van der Waals surface area contributed by atoms with Crippen LogP contribution in [0, 0.1) is 5.92 Å². The molecule has 1 saturated carbocycles. The van der Waals surface area contributed by atoms with Gasteiger partial charge in [-0.3, -0.25) is 0 Å². The normalized spacial score (nSPS) is 16.6. The Labute approximate surface area is 121 Å². The first-order chi connectivity index (χ1) is 9.36. The first kappa shape index (κ1) is 17.0. The molecule has 1 rings (SSSR count). The second kappa shape index (κ2) is 11.8. The lowest BCUT2D eigenvalue weighted by Gasteiger charge is -2.20. The highest BCUT2D eigenvalue weighted by atomic mass is 14.9. The Morgan fingerprint density at radius 2 is 1.47 bits per heavy atom. The van der Waals surface area contributed by atoms with Gasteiger partial charge in [-0.15, -0.1) is 0 Å². The Morgan fingerprint density at radius 3 is 2.00 bits per heavy atom. The van der Waals surface area contributed by atoms with E-state index >= 15 is 0 Å². The molecule has 1 aliphatic carbocycles. The van der Waals surface area contributed by atoms with Crippen molar-refractivity contribution < 1.29 is 0 Å². The van der Waals surface area contributed by atoms with Gasteiger partial charge in [-0.25, -0.2) is 0 Å². The fourth-order valence-corrected chi connectivity index (χ4v) is 3.42. The molecule has 1 fully saturated rings. The highest BCUT2D eigenvalue weighted by molar-refractivity contribution is 4.71. The number of hydrogen-bond donors (Lipinski definition) is 1. The predicted molar refractivity (Wildman–Crippen MR) is 86.6 cm³/mol. The van der Waals surface area contributed by atoms with Gasteiger partial charge >= 0.3 is 0 Å². The van der Waals surface area contributed by atoms with Crippen molar-refractivity contribution in [3.8, 4) is 0 Å². The zero-order chi connectivity index (χ0) is 13.8. The van der Waals surface area contributed by atoms with Crippen LogP contribution in [-0.4, -0.2) is 12.6 Å². The average molecular weight is 268 g/mol. The van der Waals surface area contributed by atoms with E-state index in [2.05, 4.69) is 19.2 Å². The van der Waals surface area contributed by atoms with E-state index in [1.807, 2.05) is 0 Å². The third kappa shape index (κ3) is 8.68. The molecule has 1 aliphatic rings. The summed E-state index contributed by atoms with van der Waals surface area (Å²) in [7, 11) is 0. The molecule has 0 radical (unpaired) electrons. The topological polar surface area (TPSA) is 12.0 Å². The standard InChI is InChI=1S/C18H37N/c1-3-5-7-13-18(14-8-6-4-2)19-16-15-17-11-9-10-12-17/h17-19H,3-16H2,1-2H3. The first-order valence-electron chi connectivity index (χ1n) is 9.10. The van der Waals surface area contributed by atoms with Gasteiger partial charge in [-0.2, -0.15) is 0 Å². The highest BCUT2D eigenvalue weighted by Gasteiger charge is 2.15. The van der Waals surface area contributed by atoms with Gasteiger partial charge in [0, 0.05) is 6.04 Å². The lowest BCUT2D eigenvalue weighted by Crippen LogP contribution is -2.30. The van der Waals surface area contributed by atoms with E-state index < -0.39 is 0 Å². The second-order valence-electron chi connectivity index (χ2n) is 6.58. The number of hydrogen-bond acceptors (Lipinski definition) is 1. The van der Waals surface area contributed by atoms with Crippen molar-refractivity contribution in [2.45, 2.75) is 103 Å². The predicted octanol–water partition coefficient (Wildman–Crippen LogP) is 5.69. The second-order valence-corrected chi connectivity index (χ2v) is 6.58. The Kier molecular flexibility index (Phi) is 10.5. The van der Waals surface area contributed by atoms with Crippen LogP contribution in [-0.2, 0) is 0 Å². The molecule has 19 heavy (non-hydrogen) atoms. The van der Waals surface area contributed by atoms with Crippen molar-refractivity contribution in [3.05, 3.63) is 0 Å². The van der Waals surface area contributed by atoms with Gasteiger partial charge in [0.05, 0.1) is 0 Å². The van der Waals surface area contributed by atoms with E-state index in [9.17, 15) is 0 Å². The molecule has 1 N–H and O–H groups in total. The van der Waals surface area contributed by atoms with Crippen LogP contribution >= 0.6 is 0 Å². The minimum absolute atomic E-state index is 0.805. The zero-order valence-corrected chi connectivity index (χ0v) is 13.6. The molecule has 0 aromatic carbocycles. The largest absolute Gasteiger partial charge is 0.314 e. The summed E-state index contributed by atoms with van der Waals surface area (Å²) < 4.78 is 0. The first-order valence-corrected chi connectivity index (χ1v) is 9.10. The SMILES string of the molecule is CCCCCC(CCCCC)NCCC1CCCC1. The quantitative estimate of drug-likeness (QED) is 0.448. The Morgan fingerprint density at radius 1 is 0.895 bits per heavy atom. The van der Waals surface area contributed by atoms with Crippen molar-refractivity contribution in [1.82, 2.24) is 5.32 Å². The van der Waals surface area contributed by atoms with Gasteiger partial charge in [0.2, 0.25) is 0 Å². The van der Waals surface area contributed by atoms with Crippen molar-refractivity contribution in [1.29, 1.82) is 0 Å². The molecule has 0 bridgehead atoms. The van der Waals surface area contributed by atoms with Crippen molar-refractivity contribution in [2.24, 2.45) is 5.92 Å². The van der Waals surface area contributed by atoms with Crippen LogP contribution in [0.1, 0.15) is 97.3 Å². The Bertz CT molecular complexity index is 174. The Balaban J connectivity index is 2.10. The summed E-state index contributed by atoms with van der Waals surface area (Å²) in [6, 6.07) is 0.805. The molecule has 0 heterocycles. The minimum Gasteiger partial charge on any atom is -0.314 e. The lowest BCUT2D eigenvalue weighted by molar-refractivity contribution is 0.391. The van der Waals surface area contributed by atoms with E-state index in [1.54, 1.807) is 0 Å². The summed E-state index contributed by atoms with van der Waals surface area (Å²) in [4.78, 5) is 0. The van der Waals surface area contributed by atoms with E-state index in [1.165, 1.54) is 90.0 Å². The monoisotopic (exact) mass is 267 g/mol. The molecule has 114 valence electrons. The third-order valence-electron chi connectivity index (χ3n) is 4.77. The van der Waals surface area contributed by atoms with Crippen LogP contribution in [0.5, 0.6) is 0 Å². The molecule has 1 heteroatoms. The van der Waals surface area contributed by atoms with E-state index in [0.717, 1.165) is 12.0 Å². The number of nitrogens with one attached hydrogen (secondary N) is 1. The molecule has 0 amide bonds. The summed E-state index contributed by atoms with van der Waals surface area (Å²) in [5.74, 6) is 1.04. The van der Waals surface area contributed by atoms with Crippen LogP contribution in [0.4, 0.5) is 0 Å². The molecule has 1 nitrogen and oxygen atoms in total. The molecule has 0 saturated heterocycles. The van der Waals surface area contributed by atoms with E-state index in [-0.39, 0.29) is 0 Å².